The highest BCUT2D eigenvalue weighted by molar-refractivity contribution is 5.27. The summed E-state index contributed by atoms with van der Waals surface area (Å²) < 4.78 is 11.4. The lowest BCUT2D eigenvalue weighted by Gasteiger charge is -2.33. The van der Waals surface area contributed by atoms with Gasteiger partial charge in [0, 0.05) is 13.2 Å². The fraction of sp³-hybridized carbons (Fsp3) is 0.684. The number of aliphatic hydroxyl groups is 1. The maximum atomic E-state index is 9.67. The quantitative estimate of drug-likeness (QED) is 0.875. The van der Waals surface area contributed by atoms with Crippen molar-refractivity contribution in [3.8, 4) is 5.75 Å². The van der Waals surface area contributed by atoms with Crippen LogP contribution in [0.2, 0.25) is 0 Å². The number of hydrogen-bond donors (Lipinski definition) is 1. The van der Waals surface area contributed by atoms with Crippen LogP contribution in [0.25, 0.3) is 0 Å². The molecule has 23 heavy (non-hydrogen) atoms. The molecule has 2 atom stereocenters. The van der Waals surface area contributed by atoms with Gasteiger partial charge >= 0.3 is 0 Å². The Kier molecular flexibility index (Phi) is 5.92. The second-order valence-electron chi connectivity index (χ2n) is 6.94. The first-order chi connectivity index (χ1) is 11.2. The van der Waals surface area contributed by atoms with Gasteiger partial charge < -0.3 is 14.6 Å². The molecular formula is C19H29NO3. The highest BCUT2D eigenvalue weighted by Gasteiger charge is 2.22. The van der Waals surface area contributed by atoms with E-state index in [0.717, 1.165) is 57.7 Å². The molecule has 2 unspecified atom stereocenters. The van der Waals surface area contributed by atoms with E-state index in [9.17, 15) is 5.11 Å². The average Bonchev–Trinajstić information content (AvgIpc) is 3.08. The SMILES string of the molecule is CC(O)C1CCN(Cc2ccc(OCC3CCCO3)cc2)CC1. The molecule has 0 spiro atoms. The van der Waals surface area contributed by atoms with Gasteiger partial charge in [-0.05, 0) is 69.3 Å². The van der Waals surface area contributed by atoms with E-state index in [2.05, 4.69) is 29.2 Å². The monoisotopic (exact) mass is 319 g/mol. The summed E-state index contributed by atoms with van der Waals surface area (Å²) in [7, 11) is 0. The maximum absolute atomic E-state index is 9.67. The Bertz CT molecular complexity index is 460. The molecule has 4 heteroatoms. The van der Waals surface area contributed by atoms with Gasteiger partial charge in [-0.3, -0.25) is 4.90 Å². The molecule has 0 amide bonds. The van der Waals surface area contributed by atoms with E-state index in [-0.39, 0.29) is 12.2 Å². The zero-order valence-electron chi connectivity index (χ0n) is 14.1. The Morgan fingerprint density at radius 1 is 1.22 bits per heavy atom. The number of hydrogen-bond acceptors (Lipinski definition) is 4. The normalized spacial score (nSPS) is 24.7. The van der Waals surface area contributed by atoms with Crippen molar-refractivity contribution in [3.05, 3.63) is 29.8 Å². The molecule has 2 heterocycles. The molecule has 128 valence electrons. The summed E-state index contributed by atoms with van der Waals surface area (Å²) in [6.45, 7) is 6.58. The molecular weight excluding hydrogens is 290 g/mol. The van der Waals surface area contributed by atoms with Gasteiger partial charge in [-0.15, -0.1) is 0 Å². The molecule has 2 fully saturated rings. The number of ether oxygens (including phenoxy) is 2. The lowest BCUT2D eigenvalue weighted by atomic mass is 9.92. The smallest absolute Gasteiger partial charge is 0.119 e. The molecule has 4 nitrogen and oxygen atoms in total. The summed E-state index contributed by atoms with van der Waals surface area (Å²) in [4.78, 5) is 2.47. The third kappa shape index (κ3) is 4.93. The first-order valence-electron chi connectivity index (χ1n) is 8.94. The molecule has 2 saturated heterocycles. The van der Waals surface area contributed by atoms with E-state index in [0.29, 0.717) is 12.5 Å². The first kappa shape index (κ1) is 16.7. The number of rotatable bonds is 6. The van der Waals surface area contributed by atoms with Crippen LogP contribution in [0.5, 0.6) is 5.75 Å². The van der Waals surface area contributed by atoms with Gasteiger partial charge in [0.1, 0.15) is 12.4 Å². The highest BCUT2D eigenvalue weighted by Crippen LogP contribution is 2.22. The average molecular weight is 319 g/mol. The van der Waals surface area contributed by atoms with Crippen LogP contribution >= 0.6 is 0 Å². The van der Waals surface area contributed by atoms with Crippen LogP contribution in [-0.4, -0.2) is 48.5 Å². The largest absolute Gasteiger partial charge is 0.491 e. The molecule has 0 aliphatic carbocycles. The van der Waals surface area contributed by atoms with Crippen LogP contribution in [0.15, 0.2) is 24.3 Å². The van der Waals surface area contributed by atoms with E-state index in [1.165, 1.54) is 5.56 Å². The summed E-state index contributed by atoms with van der Waals surface area (Å²) in [5.74, 6) is 1.40. The summed E-state index contributed by atoms with van der Waals surface area (Å²) >= 11 is 0. The minimum absolute atomic E-state index is 0.169. The molecule has 2 aliphatic heterocycles. The van der Waals surface area contributed by atoms with Crippen molar-refractivity contribution < 1.29 is 14.6 Å². The number of benzene rings is 1. The predicted molar refractivity (Wildman–Crippen MR) is 90.6 cm³/mol. The Labute approximate surface area is 139 Å². The number of nitrogens with zero attached hydrogens (tertiary/aromatic N) is 1. The number of piperidine rings is 1. The van der Waals surface area contributed by atoms with Crippen LogP contribution < -0.4 is 4.74 Å². The van der Waals surface area contributed by atoms with E-state index in [1.54, 1.807) is 0 Å². The molecule has 3 rings (SSSR count). The fourth-order valence-electron chi connectivity index (χ4n) is 3.51. The molecule has 1 N–H and O–H groups in total. The van der Waals surface area contributed by atoms with Crippen LogP contribution in [0.1, 0.15) is 38.2 Å². The van der Waals surface area contributed by atoms with Crippen molar-refractivity contribution in [2.45, 2.75) is 51.4 Å². The zero-order valence-corrected chi connectivity index (χ0v) is 14.1. The minimum atomic E-state index is -0.169. The van der Waals surface area contributed by atoms with Gasteiger partial charge in [-0.25, -0.2) is 0 Å². The second-order valence-corrected chi connectivity index (χ2v) is 6.94. The van der Waals surface area contributed by atoms with Crippen LogP contribution in [0.3, 0.4) is 0 Å². The van der Waals surface area contributed by atoms with Crippen molar-refractivity contribution in [1.29, 1.82) is 0 Å². The van der Waals surface area contributed by atoms with Crippen molar-refractivity contribution in [2.75, 3.05) is 26.3 Å². The molecule has 1 aromatic carbocycles. The van der Waals surface area contributed by atoms with E-state index in [1.807, 2.05) is 6.92 Å². The van der Waals surface area contributed by atoms with E-state index >= 15 is 0 Å². The van der Waals surface area contributed by atoms with Crippen molar-refractivity contribution >= 4 is 0 Å². The van der Waals surface area contributed by atoms with E-state index < -0.39 is 0 Å². The van der Waals surface area contributed by atoms with E-state index in [4.69, 9.17) is 9.47 Å². The lowest BCUT2D eigenvalue weighted by Crippen LogP contribution is -2.36. The topological polar surface area (TPSA) is 41.9 Å². The van der Waals surface area contributed by atoms with Gasteiger partial charge in [0.15, 0.2) is 0 Å². The highest BCUT2D eigenvalue weighted by atomic mass is 16.5. The van der Waals surface area contributed by atoms with Gasteiger partial charge in [0.25, 0.3) is 0 Å². The van der Waals surface area contributed by atoms with Crippen LogP contribution in [-0.2, 0) is 11.3 Å². The summed E-state index contributed by atoms with van der Waals surface area (Å²) in [6, 6.07) is 8.44. The fourth-order valence-corrected chi connectivity index (χ4v) is 3.51. The Morgan fingerprint density at radius 2 is 1.96 bits per heavy atom. The van der Waals surface area contributed by atoms with Crippen molar-refractivity contribution in [2.24, 2.45) is 5.92 Å². The molecule has 0 bridgehead atoms. The first-order valence-corrected chi connectivity index (χ1v) is 8.94. The Hall–Kier alpha value is -1.10. The second kappa shape index (κ2) is 8.13. The molecule has 0 radical (unpaired) electrons. The van der Waals surface area contributed by atoms with Gasteiger partial charge in [-0.1, -0.05) is 12.1 Å². The standard InChI is InChI=1S/C19H29NO3/c1-15(21)17-8-10-20(11-9-17)13-16-4-6-18(7-5-16)23-14-19-3-2-12-22-19/h4-7,15,17,19,21H,2-3,8-14H2,1H3. The molecule has 2 aliphatic rings. The zero-order chi connectivity index (χ0) is 16.1. The summed E-state index contributed by atoms with van der Waals surface area (Å²) in [5, 5.41) is 9.67. The Balaban J connectivity index is 1.42. The van der Waals surface area contributed by atoms with Crippen LogP contribution in [0, 0.1) is 5.92 Å². The van der Waals surface area contributed by atoms with Gasteiger partial charge in [0.2, 0.25) is 0 Å². The Morgan fingerprint density at radius 3 is 2.57 bits per heavy atom. The molecule has 1 aromatic rings. The van der Waals surface area contributed by atoms with Crippen molar-refractivity contribution in [3.63, 3.8) is 0 Å². The summed E-state index contributed by atoms with van der Waals surface area (Å²) in [5.41, 5.74) is 1.32. The predicted octanol–water partition coefficient (Wildman–Crippen LogP) is 2.84. The minimum Gasteiger partial charge on any atom is -0.491 e. The summed E-state index contributed by atoms with van der Waals surface area (Å²) in [6.07, 6.45) is 4.56. The molecule has 0 saturated carbocycles. The third-order valence-corrected chi connectivity index (χ3v) is 5.10. The number of likely N-dealkylation sites (tertiary alicyclic amines) is 1. The van der Waals surface area contributed by atoms with Gasteiger partial charge in [0.05, 0.1) is 12.2 Å². The van der Waals surface area contributed by atoms with Crippen molar-refractivity contribution in [1.82, 2.24) is 4.90 Å². The van der Waals surface area contributed by atoms with Crippen LogP contribution in [0.4, 0.5) is 0 Å². The maximum Gasteiger partial charge on any atom is 0.119 e. The number of aliphatic hydroxyl groups excluding tert-OH is 1. The third-order valence-electron chi connectivity index (χ3n) is 5.10. The van der Waals surface area contributed by atoms with Gasteiger partial charge in [-0.2, -0.15) is 0 Å². The molecule has 0 aromatic heterocycles. The lowest BCUT2D eigenvalue weighted by molar-refractivity contribution is 0.0678.